The van der Waals surface area contributed by atoms with E-state index < -0.39 is 0 Å². The van der Waals surface area contributed by atoms with Gasteiger partial charge < -0.3 is 10.6 Å². The summed E-state index contributed by atoms with van der Waals surface area (Å²) in [5.74, 6) is -0.516. The van der Waals surface area contributed by atoms with E-state index in [0.717, 1.165) is 11.3 Å². The first-order chi connectivity index (χ1) is 12.5. The summed E-state index contributed by atoms with van der Waals surface area (Å²) in [6, 6.07) is 13.6. The average Bonchev–Trinajstić information content (AvgIpc) is 3.06. The number of hydrogen-bond acceptors (Lipinski definition) is 6. The third-order valence-electron chi connectivity index (χ3n) is 3.55. The quantitative estimate of drug-likeness (QED) is 0.591. The fourth-order valence-corrected chi connectivity index (χ4v) is 4.03. The molecule has 0 unspecified atom stereocenters. The number of nitrogens with one attached hydrogen (secondary N) is 2. The SMILES string of the molecule is Cc1ccccc1Nc1nnc(S[C@H](C)C(=O)Nc2ccc(F)cc2)s1. The van der Waals surface area contributed by atoms with E-state index in [4.69, 9.17) is 0 Å². The maximum absolute atomic E-state index is 12.9. The lowest BCUT2D eigenvalue weighted by molar-refractivity contribution is -0.115. The third-order valence-corrected chi connectivity index (χ3v) is 5.57. The summed E-state index contributed by atoms with van der Waals surface area (Å²) in [5, 5.41) is 14.5. The molecular formula is C18H17FN4OS2. The number of aryl methyl sites for hydroxylation is 1. The monoisotopic (exact) mass is 388 g/mol. The number of hydrogen-bond donors (Lipinski definition) is 2. The summed E-state index contributed by atoms with van der Waals surface area (Å²) in [6.07, 6.45) is 0. The summed E-state index contributed by atoms with van der Waals surface area (Å²) in [7, 11) is 0. The van der Waals surface area contributed by atoms with Gasteiger partial charge in [0.05, 0.1) is 5.25 Å². The van der Waals surface area contributed by atoms with Gasteiger partial charge in [-0.2, -0.15) is 0 Å². The lowest BCUT2D eigenvalue weighted by Crippen LogP contribution is -2.22. The van der Waals surface area contributed by atoms with Crippen molar-refractivity contribution in [3.8, 4) is 0 Å². The molecule has 2 N–H and O–H groups in total. The molecule has 0 saturated carbocycles. The van der Waals surface area contributed by atoms with Crippen LogP contribution in [0.3, 0.4) is 0 Å². The van der Waals surface area contributed by atoms with E-state index in [0.29, 0.717) is 15.2 Å². The molecule has 0 aliphatic heterocycles. The van der Waals surface area contributed by atoms with Crippen molar-refractivity contribution in [2.24, 2.45) is 0 Å². The second-order valence-electron chi connectivity index (χ2n) is 5.57. The maximum Gasteiger partial charge on any atom is 0.237 e. The van der Waals surface area contributed by atoms with Gasteiger partial charge in [-0.05, 0) is 49.7 Å². The van der Waals surface area contributed by atoms with Gasteiger partial charge in [-0.1, -0.05) is 41.3 Å². The molecule has 0 fully saturated rings. The number of rotatable bonds is 6. The Morgan fingerprint density at radius 1 is 1.15 bits per heavy atom. The molecule has 5 nitrogen and oxygen atoms in total. The van der Waals surface area contributed by atoms with Gasteiger partial charge in [-0.3, -0.25) is 4.79 Å². The van der Waals surface area contributed by atoms with E-state index >= 15 is 0 Å². The molecule has 8 heteroatoms. The minimum Gasteiger partial charge on any atom is -0.330 e. The van der Waals surface area contributed by atoms with Crippen molar-refractivity contribution in [3.05, 3.63) is 59.9 Å². The van der Waals surface area contributed by atoms with Crippen LogP contribution in [0, 0.1) is 12.7 Å². The second kappa shape index (κ2) is 8.29. The Labute approximate surface area is 159 Å². The zero-order valence-corrected chi connectivity index (χ0v) is 15.8. The summed E-state index contributed by atoms with van der Waals surface area (Å²) in [4.78, 5) is 12.3. The van der Waals surface area contributed by atoms with Gasteiger partial charge >= 0.3 is 0 Å². The van der Waals surface area contributed by atoms with Crippen LogP contribution >= 0.6 is 23.1 Å². The Morgan fingerprint density at radius 2 is 1.88 bits per heavy atom. The molecule has 134 valence electrons. The Morgan fingerprint density at radius 3 is 2.62 bits per heavy atom. The molecule has 3 rings (SSSR count). The molecule has 0 aliphatic carbocycles. The van der Waals surface area contributed by atoms with Crippen LogP contribution in [0.5, 0.6) is 0 Å². The Kier molecular flexibility index (Phi) is 5.85. The van der Waals surface area contributed by atoms with Crippen LogP contribution < -0.4 is 10.6 Å². The zero-order valence-electron chi connectivity index (χ0n) is 14.2. The van der Waals surface area contributed by atoms with Crippen molar-refractivity contribution in [1.82, 2.24) is 10.2 Å². The zero-order chi connectivity index (χ0) is 18.5. The normalized spacial score (nSPS) is 11.8. The summed E-state index contributed by atoms with van der Waals surface area (Å²) >= 11 is 2.72. The molecule has 0 bridgehead atoms. The largest absolute Gasteiger partial charge is 0.330 e. The molecule has 0 spiro atoms. The number of thioether (sulfide) groups is 1. The second-order valence-corrected chi connectivity index (χ2v) is 8.13. The van der Waals surface area contributed by atoms with Gasteiger partial charge in [0.25, 0.3) is 0 Å². The van der Waals surface area contributed by atoms with Crippen molar-refractivity contribution >= 4 is 45.5 Å². The van der Waals surface area contributed by atoms with Crippen molar-refractivity contribution in [1.29, 1.82) is 0 Å². The number of carbonyl (C=O) groups excluding carboxylic acids is 1. The minimum atomic E-state index is -0.362. The summed E-state index contributed by atoms with van der Waals surface area (Å²) in [6.45, 7) is 3.81. The van der Waals surface area contributed by atoms with Crippen LogP contribution in [0.1, 0.15) is 12.5 Å². The van der Waals surface area contributed by atoms with Crippen LogP contribution in [0.2, 0.25) is 0 Å². The first-order valence-corrected chi connectivity index (χ1v) is 9.60. The molecular weight excluding hydrogens is 371 g/mol. The Bertz CT molecular complexity index is 898. The van der Waals surface area contributed by atoms with E-state index in [-0.39, 0.29) is 17.0 Å². The smallest absolute Gasteiger partial charge is 0.237 e. The molecule has 1 heterocycles. The number of anilines is 3. The number of carbonyl (C=O) groups is 1. The van der Waals surface area contributed by atoms with Crippen LogP contribution in [0.15, 0.2) is 52.9 Å². The highest BCUT2D eigenvalue weighted by Gasteiger charge is 2.17. The van der Waals surface area contributed by atoms with Crippen molar-refractivity contribution < 1.29 is 9.18 Å². The maximum atomic E-state index is 12.9. The number of para-hydroxylation sites is 1. The van der Waals surface area contributed by atoms with Crippen LogP contribution in [-0.2, 0) is 4.79 Å². The standard InChI is InChI=1S/C18H17FN4OS2/c1-11-5-3-4-6-15(11)21-17-22-23-18(26-17)25-12(2)16(24)20-14-9-7-13(19)8-10-14/h3-10,12H,1-2H3,(H,20,24)(H,21,22)/t12-/m1/s1. The van der Waals surface area contributed by atoms with E-state index in [1.54, 1.807) is 6.92 Å². The number of halogens is 1. The molecule has 1 amide bonds. The Balaban J connectivity index is 1.58. The highest BCUT2D eigenvalue weighted by molar-refractivity contribution is 8.02. The molecule has 2 aromatic carbocycles. The molecule has 1 aromatic heterocycles. The van der Waals surface area contributed by atoms with Crippen LogP contribution in [0.4, 0.5) is 20.9 Å². The Hall–Kier alpha value is -2.45. The fraction of sp³-hybridized carbons (Fsp3) is 0.167. The molecule has 1 atom stereocenters. The lowest BCUT2D eigenvalue weighted by Gasteiger charge is -2.10. The van der Waals surface area contributed by atoms with Crippen LogP contribution in [0.25, 0.3) is 0 Å². The molecule has 0 saturated heterocycles. The minimum absolute atomic E-state index is 0.176. The molecule has 3 aromatic rings. The molecule has 0 aliphatic rings. The van der Waals surface area contributed by atoms with Gasteiger partial charge in [0.1, 0.15) is 5.82 Å². The number of nitrogens with zero attached hydrogens (tertiary/aromatic N) is 2. The van der Waals surface area contributed by atoms with Gasteiger partial charge in [0, 0.05) is 11.4 Å². The topological polar surface area (TPSA) is 66.9 Å². The van der Waals surface area contributed by atoms with Gasteiger partial charge in [-0.25, -0.2) is 4.39 Å². The van der Waals surface area contributed by atoms with Crippen molar-refractivity contribution in [2.45, 2.75) is 23.4 Å². The van der Waals surface area contributed by atoms with E-state index in [1.807, 2.05) is 31.2 Å². The highest BCUT2D eigenvalue weighted by Crippen LogP contribution is 2.31. The first kappa shape index (κ1) is 18.3. The lowest BCUT2D eigenvalue weighted by atomic mass is 10.2. The predicted octanol–water partition coefficient (Wildman–Crippen LogP) is 4.85. The highest BCUT2D eigenvalue weighted by atomic mass is 32.2. The third kappa shape index (κ3) is 4.80. The molecule has 26 heavy (non-hydrogen) atoms. The van der Waals surface area contributed by atoms with Crippen molar-refractivity contribution in [2.75, 3.05) is 10.6 Å². The van der Waals surface area contributed by atoms with Gasteiger partial charge in [0.15, 0.2) is 4.34 Å². The first-order valence-electron chi connectivity index (χ1n) is 7.90. The number of amides is 1. The van der Waals surface area contributed by atoms with Gasteiger partial charge in [0.2, 0.25) is 11.0 Å². The van der Waals surface area contributed by atoms with Gasteiger partial charge in [-0.15, -0.1) is 10.2 Å². The predicted molar refractivity (Wildman–Crippen MR) is 105 cm³/mol. The summed E-state index contributed by atoms with van der Waals surface area (Å²) in [5.41, 5.74) is 2.65. The molecule has 0 radical (unpaired) electrons. The number of aromatic nitrogens is 2. The number of benzene rings is 2. The fourth-order valence-electron chi connectivity index (χ4n) is 2.12. The average molecular weight is 388 g/mol. The van der Waals surface area contributed by atoms with E-state index in [2.05, 4.69) is 20.8 Å². The van der Waals surface area contributed by atoms with E-state index in [9.17, 15) is 9.18 Å². The van der Waals surface area contributed by atoms with Crippen LogP contribution in [-0.4, -0.2) is 21.4 Å². The van der Waals surface area contributed by atoms with E-state index in [1.165, 1.54) is 47.4 Å². The van der Waals surface area contributed by atoms with Crippen molar-refractivity contribution in [3.63, 3.8) is 0 Å². The summed E-state index contributed by atoms with van der Waals surface area (Å²) < 4.78 is 13.6.